The number of nitrogens with zero attached hydrogens (tertiary/aromatic N) is 1. The predicted octanol–water partition coefficient (Wildman–Crippen LogP) is 0.218. The number of pyridine rings is 1. The van der Waals surface area contributed by atoms with Gasteiger partial charge in [0.05, 0.1) is 5.69 Å². The number of nitrogens with two attached hydrogens (primary N) is 1. The van der Waals surface area contributed by atoms with Gasteiger partial charge in [-0.15, -0.1) is 0 Å². The second kappa shape index (κ2) is 6.10. The summed E-state index contributed by atoms with van der Waals surface area (Å²) in [5.74, 6) is -1.00. The Bertz CT molecular complexity index is 328. The summed E-state index contributed by atoms with van der Waals surface area (Å²) >= 11 is 0. The maximum absolute atomic E-state index is 10.6. The van der Waals surface area contributed by atoms with Gasteiger partial charge in [-0.2, -0.15) is 0 Å². The smallest absolute Gasteiger partial charge is 0.354 e. The van der Waals surface area contributed by atoms with E-state index in [0.717, 1.165) is 18.7 Å². The summed E-state index contributed by atoms with van der Waals surface area (Å²) in [6, 6.07) is 4.96. The van der Waals surface area contributed by atoms with E-state index in [4.69, 9.17) is 10.8 Å². The van der Waals surface area contributed by atoms with E-state index in [-0.39, 0.29) is 5.69 Å². The Kier molecular flexibility index (Phi) is 4.73. The molecule has 4 N–H and O–H groups in total. The van der Waals surface area contributed by atoms with Gasteiger partial charge in [-0.3, -0.25) is 0 Å². The first-order valence-electron chi connectivity index (χ1n) is 4.84. The van der Waals surface area contributed by atoms with E-state index in [1.165, 1.54) is 6.07 Å². The number of rotatable bonds is 6. The molecule has 0 aromatic carbocycles. The first kappa shape index (κ1) is 11.6. The maximum Gasteiger partial charge on any atom is 0.354 e. The molecule has 1 rings (SSSR count). The highest BCUT2D eigenvalue weighted by atomic mass is 16.4. The highest BCUT2D eigenvalue weighted by Crippen LogP contribution is 1.99. The van der Waals surface area contributed by atoms with E-state index in [0.29, 0.717) is 13.1 Å². The van der Waals surface area contributed by atoms with Gasteiger partial charge in [-0.25, -0.2) is 9.78 Å². The van der Waals surface area contributed by atoms with Crippen molar-refractivity contribution in [3.8, 4) is 0 Å². The minimum atomic E-state index is -1.00. The van der Waals surface area contributed by atoms with E-state index in [1.54, 1.807) is 12.1 Å². The Morgan fingerprint density at radius 3 is 3.00 bits per heavy atom. The molecule has 0 aliphatic heterocycles. The van der Waals surface area contributed by atoms with E-state index in [2.05, 4.69) is 10.3 Å². The SMILES string of the molecule is NCCCNCc1cccc(C(=O)O)n1. The third-order valence-electron chi connectivity index (χ3n) is 1.89. The molecule has 1 heterocycles. The van der Waals surface area contributed by atoms with Gasteiger partial charge < -0.3 is 16.2 Å². The number of hydrogen-bond acceptors (Lipinski definition) is 4. The van der Waals surface area contributed by atoms with Crippen LogP contribution >= 0.6 is 0 Å². The van der Waals surface area contributed by atoms with Crippen molar-refractivity contribution in [3.63, 3.8) is 0 Å². The Balaban J connectivity index is 2.47. The Labute approximate surface area is 88.3 Å². The van der Waals surface area contributed by atoms with E-state index in [1.807, 2.05) is 0 Å². The number of hydrogen-bond donors (Lipinski definition) is 3. The predicted molar refractivity (Wildman–Crippen MR) is 56.6 cm³/mol. The van der Waals surface area contributed by atoms with E-state index >= 15 is 0 Å². The molecule has 1 aromatic heterocycles. The topological polar surface area (TPSA) is 88.2 Å². The quantitative estimate of drug-likeness (QED) is 0.583. The van der Waals surface area contributed by atoms with Crippen LogP contribution in [0.2, 0.25) is 0 Å². The first-order chi connectivity index (χ1) is 7.24. The lowest BCUT2D eigenvalue weighted by Crippen LogP contribution is -2.18. The molecule has 5 nitrogen and oxygen atoms in total. The minimum absolute atomic E-state index is 0.0770. The van der Waals surface area contributed by atoms with Crippen LogP contribution in [0.3, 0.4) is 0 Å². The maximum atomic E-state index is 10.6. The molecule has 0 amide bonds. The fourth-order valence-electron chi connectivity index (χ4n) is 1.14. The fraction of sp³-hybridized carbons (Fsp3) is 0.400. The molecule has 0 radical (unpaired) electrons. The van der Waals surface area contributed by atoms with E-state index in [9.17, 15) is 4.79 Å². The molecule has 0 fully saturated rings. The summed E-state index contributed by atoms with van der Waals surface area (Å²) in [4.78, 5) is 14.6. The molecule has 5 heteroatoms. The van der Waals surface area contributed by atoms with Crippen LogP contribution in [0.25, 0.3) is 0 Å². The van der Waals surface area contributed by atoms with Crippen molar-refractivity contribution >= 4 is 5.97 Å². The molecule has 0 spiro atoms. The van der Waals surface area contributed by atoms with Crippen LogP contribution in [0.5, 0.6) is 0 Å². The summed E-state index contributed by atoms with van der Waals surface area (Å²) in [5.41, 5.74) is 6.14. The first-order valence-corrected chi connectivity index (χ1v) is 4.84. The Morgan fingerprint density at radius 2 is 2.33 bits per heavy atom. The molecule has 82 valence electrons. The van der Waals surface area contributed by atoms with Crippen molar-refractivity contribution in [1.29, 1.82) is 0 Å². The lowest BCUT2D eigenvalue weighted by molar-refractivity contribution is 0.0690. The van der Waals surface area contributed by atoms with Crippen molar-refractivity contribution in [1.82, 2.24) is 10.3 Å². The van der Waals surface area contributed by atoms with Crippen molar-refractivity contribution < 1.29 is 9.90 Å². The zero-order valence-corrected chi connectivity index (χ0v) is 8.44. The lowest BCUT2D eigenvalue weighted by atomic mass is 10.3. The van der Waals surface area contributed by atoms with Crippen LogP contribution in [0.15, 0.2) is 18.2 Å². The monoisotopic (exact) mass is 209 g/mol. The largest absolute Gasteiger partial charge is 0.477 e. The number of carbonyl (C=O) groups is 1. The average molecular weight is 209 g/mol. The zero-order chi connectivity index (χ0) is 11.1. The summed E-state index contributed by atoms with van der Waals surface area (Å²) in [7, 11) is 0. The average Bonchev–Trinajstić information content (AvgIpc) is 2.25. The third-order valence-corrected chi connectivity index (χ3v) is 1.89. The molecular weight excluding hydrogens is 194 g/mol. The highest BCUT2D eigenvalue weighted by Gasteiger charge is 2.04. The summed E-state index contributed by atoms with van der Waals surface area (Å²) in [6.07, 6.45) is 0.901. The zero-order valence-electron chi connectivity index (χ0n) is 8.44. The van der Waals surface area contributed by atoms with Crippen LogP contribution in [0, 0.1) is 0 Å². The van der Waals surface area contributed by atoms with Crippen LogP contribution < -0.4 is 11.1 Å². The van der Waals surface area contributed by atoms with Crippen LogP contribution in [-0.4, -0.2) is 29.1 Å². The minimum Gasteiger partial charge on any atom is -0.477 e. The Morgan fingerprint density at radius 1 is 1.53 bits per heavy atom. The molecule has 0 bridgehead atoms. The summed E-state index contributed by atoms with van der Waals surface area (Å²) < 4.78 is 0. The standard InChI is InChI=1S/C10H15N3O2/c11-5-2-6-12-7-8-3-1-4-9(13-8)10(14)15/h1,3-4,12H,2,5-7,11H2,(H,14,15). The molecule has 0 atom stereocenters. The van der Waals surface area contributed by atoms with Gasteiger partial charge in [-0.05, 0) is 31.6 Å². The van der Waals surface area contributed by atoms with Crippen molar-refractivity contribution in [2.75, 3.05) is 13.1 Å². The third kappa shape index (κ3) is 4.05. The number of aromatic carboxylic acids is 1. The van der Waals surface area contributed by atoms with Gasteiger partial charge in [0, 0.05) is 6.54 Å². The van der Waals surface area contributed by atoms with Gasteiger partial charge in [0.25, 0.3) is 0 Å². The summed E-state index contributed by atoms with van der Waals surface area (Å²) in [6.45, 7) is 2.03. The molecule has 0 aliphatic carbocycles. The number of nitrogens with one attached hydrogen (secondary N) is 1. The fourth-order valence-corrected chi connectivity index (χ4v) is 1.14. The molecule has 15 heavy (non-hydrogen) atoms. The molecule has 1 aromatic rings. The van der Waals surface area contributed by atoms with Crippen LogP contribution in [0.4, 0.5) is 0 Å². The number of carboxylic acids is 1. The normalized spacial score (nSPS) is 10.2. The molecule has 0 aliphatic rings. The van der Waals surface area contributed by atoms with Crippen molar-refractivity contribution in [2.45, 2.75) is 13.0 Å². The molecular formula is C10H15N3O2. The van der Waals surface area contributed by atoms with Crippen molar-refractivity contribution in [2.24, 2.45) is 5.73 Å². The molecule has 0 saturated carbocycles. The van der Waals surface area contributed by atoms with Gasteiger partial charge in [-0.1, -0.05) is 6.07 Å². The number of aromatic nitrogens is 1. The summed E-state index contributed by atoms with van der Waals surface area (Å²) in [5, 5.41) is 11.9. The number of carboxylic acid groups (broad SMARTS) is 1. The van der Waals surface area contributed by atoms with Gasteiger partial charge >= 0.3 is 5.97 Å². The second-order valence-electron chi connectivity index (χ2n) is 3.14. The van der Waals surface area contributed by atoms with Crippen molar-refractivity contribution in [3.05, 3.63) is 29.6 Å². The van der Waals surface area contributed by atoms with Gasteiger partial charge in [0.2, 0.25) is 0 Å². The Hall–Kier alpha value is -1.46. The van der Waals surface area contributed by atoms with Crippen LogP contribution in [0.1, 0.15) is 22.6 Å². The second-order valence-corrected chi connectivity index (χ2v) is 3.14. The van der Waals surface area contributed by atoms with E-state index < -0.39 is 5.97 Å². The highest BCUT2D eigenvalue weighted by molar-refractivity contribution is 5.85. The van der Waals surface area contributed by atoms with Gasteiger partial charge in [0.1, 0.15) is 5.69 Å². The molecule has 0 unspecified atom stereocenters. The van der Waals surface area contributed by atoms with Crippen LogP contribution in [-0.2, 0) is 6.54 Å². The molecule has 0 saturated heterocycles. The lowest BCUT2D eigenvalue weighted by Gasteiger charge is -2.03. The van der Waals surface area contributed by atoms with Gasteiger partial charge in [0.15, 0.2) is 0 Å².